The van der Waals surface area contributed by atoms with E-state index in [2.05, 4.69) is 22.5 Å². The molecule has 1 aromatic heterocycles. The van der Waals surface area contributed by atoms with E-state index in [0.29, 0.717) is 11.3 Å². The number of aromatic nitrogens is 1. The molecule has 1 amide bonds. The highest BCUT2D eigenvalue weighted by molar-refractivity contribution is 5.92. The molecule has 0 saturated carbocycles. The Morgan fingerprint density at radius 1 is 1.29 bits per heavy atom. The zero-order chi connectivity index (χ0) is 15.1. The van der Waals surface area contributed by atoms with Crippen molar-refractivity contribution in [3.8, 4) is 0 Å². The lowest BCUT2D eigenvalue weighted by Gasteiger charge is -2.07. The van der Waals surface area contributed by atoms with E-state index in [1.807, 2.05) is 6.07 Å². The van der Waals surface area contributed by atoms with Crippen LogP contribution in [0.5, 0.6) is 0 Å². The lowest BCUT2D eigenvalue weighted by Crippen LogP contribution is -2.23. The fraction of sp³-hybridized carbons (Fsp3) is 0.250. The average Bonchev–Trinajstić information content (AvgIpc) is 2.51. The van der Waals surface area contributed by atoms with Gasteiger partial charge in [0.1, 0.15) is 11.5 Å². The fourth-order valence-corrected chi connectivity index (χ4v) is 1.82. The van der Waals surface area contributed by atoms with Crippen LogP contribution >= 0.6 is 0 Å². The second-order valence-electron chi connectivity index (χ2n) is 4.67. The van der Waals surface area contributed by atoms with Gasteiger partial charge < -0.3 is 10.6 Å². The zero-order valence-electron chi connectivity index (χ0n) is 11.9. The summed E-state index contributed by atoms with van der Waals surface area (Å²) < 4.78 is 13.0. The number of pyridine rings is 1. The van der Waals surface area contributed by atoms with Crippen LogP contribution in [0.2, 0.25) is 0 Å². The predicted octanol–water partition coefficient (Wildman–Crippen LogP) is 2.97. The highest BCUT2D eigenvalue weighted by Crippen LogP contribution is 2.07. The van der Waals surface area contributed by atoms with Gasteiger partial charge in [0, 0.05) is 13.1 Å². The quantitative estimate of drug-likeness (QED) is 0.859. The molecule has 0 radical (unpaired) electrons. The number of amides is 1. The molecule has 110 valence electrons. The first-order valence-corrected chi connectivity index (χ1v) is 6.91. The Hall–Kier alpha value is -2.43. The van der Waals surface area contributed by atoms with Crippen molar-refractivity contribution >= 4 is 11.6 Å². The second-order valence-corrected chi connectivity index (χ2v) is 4.67. The van der Waals surface area contributed by atoms with Crippen molar-refractivity contribution in [1.82, 2.24) is 10.3 Å². The highest BCUT2D eigenvalue weighted by Gasteiger charge is 2.07. The molecule has 0 atom stereocenters. The van der Waals surface area contributed by atoms with Crippen LogP contribution in [-0.4, -0.2) is 17.4 Å². The number of rotatable bonds is 6. The Bertz CT molecular complexity index is 599. The van der Waals surface area contributed by atoms with Crippen LogP contribution in [0.25, 0.3) is 0 Å². The van der Waals surface area contributed by atoms with Crippen LogP contribution in [0.15, 0.2) is 42.6 Å². The van der Waals surface area contributed by atoms with Gasteiger partial charge in [-0.3, -0.25) is 4.79 Å². The Morgan fingerprint density at radius 2 is 2.14 bits per heavy atom. The van der Waals surface area contributed by atoms with E-state index in [0.717, 1.165) is 18.7 Å². The number of nitrogens with one attached hydrogen (secondary N) is 2. The number of anilines is 1. The van der Waals surface area contributed by atoms with E-state index in [9.17, 15) is 9.18 Å². The van der Waals surface area contributed by atoms with E-state index in [-0.39, 0.29) is 18.3 Å². The van der Waals surface area contributed by atoms with E-state index < -0.39 is 0 Å². The number of benzene rings is 1. The maximum Gasteiger partial charge on any atom is 0.270 e. The summed E-state index contributed by atoms with van der Waals surface area (Å²) in [5, 5.41) is 5.91. The number of carbonyl (C=O) groups is 1. The molecule has 1 heterocycles. The largest absolute Gasteiger partial charge is 0.384 e. The maximum absolute atomic E-state index is 13.0. The summed E-state index contributed by atoms with van der Waals surface area (Å²) in [6.45, 7) is 3.22. The predicted molar refractivity (Wildman–Crippen MR) is 80.6 cm³/mol. The molecule has 0 spiro atoms. The normalized spacial score (nSPS) is 10.2. The monoisotopic (exact) mass is 287 g/mol. The summed E-state index contributed by atoms with van der Waals surface area (Å²) in [5.41, 5.74) is 1.94. The molecule has 0 fully saturated rings. The molecule has 0 saturated heterocycles. The van der Waals surface area contributed by atoms with Crippen LogP contribution in [0.3, 0.4) is 0 Å². The number of hydrogen-bond donors (Lipinski definition) is 2. The molecule has 5 heteroatoms. The van der Waals surface area contributed by atoms with Crippen molar-refractivity contribution in [3.05, 3.63) is 59.7 Å². The third-order valence-electron chi connectivity index (χ3n) is 2.92. The van der Waals surface area contributed by atoms with Gasteiger partial charge in [0.05, 0.1) is 11.9 Å². The minimum Gasteiger partial charge on any atom is -0.384 e. The van der Waals surface area contributed by atoms with E-state index in [4.69, 9.17) is 0 Å². The Labute approximate surface area is 123 Å². The van der Waals surface area contributed by atoms with Crippen molar-refractivity contribution in [2.24, 2.45) is 0 Å². The van der Waals surface area contributed by atoms with Crippen molar-refractivity contribution in [3.63, 3.8) is 0 Å². The van der Waals surface area contributed by atoms with Crippen LogP contribution in [0, 0.1) is 5.82 Å². The summed E-state index contributed by atoms with van der Waals surface area (Å²) in [7, 11) is 0. The topological polar surface area (TPSA) is 54.0 Å². The minimum atomic E-state index is -0.314. The molecule has 0 aliphatic heterocycles. The molecule has 0 unspecified atom stereocenters. The van der Waals surface area contributed by atoms with Crippen molar-refractivity contribution < 1.29 is 9.18 Å². The van der Waals surface area contributed by atoms with Gasteiger partial charge in [-0.05, 0) is 36.2 Å². The Morgan fingerprint density at radius 3 is 2.81 bits per heavy atom. The minimum absolute atomic E-state index is 0.272. The molecule has 0 aliphatic carbocycles. The summed E-state index contributed by atoms with van der Waals surface area (Å²) in [5.74, 6) is -0.590. The lowest BCUT2D eigenvalue weighted by molar-refractivity contribution is 0.0946. The van der Waals surface area contributed by atoms with Gasteiger partial charge in [-0.15, -0.1) is 0 Å². The SMILES string of the molecule is CCCNc1ccc(C(=O)NCc2cccc(F)c2)nc1. The van der Waals surface area contributed by atoms with Gasteiger partial charge in [-0.2, -0.15) is 0 Å². The first-order valence-electron chi connectivity index (χ1n) is 6.91. The van der Waals surface area contributed by atoms with Gasteiger partial charge in [-0.25, -0.2) is 9.37 Å². The Balaban J connectivity index is 1.91. The lowest BCUT2D eigenvalue weighted by atomic mass is 10.2. The zero-order valence-corrected chi connectivity index (χ0v) is 11.9. The van der Waals surface area contributed by atoms with Crippen LogP contribution in [0.1, 0.15) is 29.4 Å². The van der Waals surface area contributed by atoms with Gasteiger partial charge in [0.15, 0.2) is 0 Å². The number of hydrogen-bond acceptors (Lipinski definition) is 3. The molecule has 4 nitrogen and oxygen atoms in total. The van der Waals surface area contributed by atoms with Crippen molar-refractivity contribution in [1.29, 1.82) is 0 Å². The summed E-state index contributed by atoms with van der Waals surface area (Å²) >= 11 is 0. The smallest absolute Gasteiger partial charge is 0.270 e. The summed E-state index contributed by atoms with van der Waals surface area (Å²) in [6, 6.07) is 9.62. The highest BCUT2D eigenvalue weighted by atomic mass is 19.1. The van der Waals surface area contributed by atoms with Gasteiger partial charge >= 0.3 is 0 Å². The molecule has 2 N–H and O–H groups in total. The number of carbonyl (C=O) groups excluding carboxylic acids is 1. The molecule has 2 aromatic rings. The summed E-state index contributed by atoms with van der Waals surface area (Å²) in [4.78, 5) is 16.1. The standard InChI is InChI=1S/C16H18FN3O/c1-2-8-18-14-6-7-15(19-11-14)16(21)20-10-12-4-3-5-13(17)9-12/h3-7,9,11,18H,2,8,10H2,1H3,(H,20,21). The third-order valence-corrected chi connectivity index (χ3v) is 2.92. The van der Waals surface area contributed by atoms with E-state index in [1.54, 1.807) is 24.4 Å². The average molecular weight is 287 g/mol. The van der Waals surface area contributed by atoms with Crippen LogP contribution in [0.4, 0.5) is 10.1 Å². The molecule has 0 aliphatic rings. The number of halogens is 1. The van der Waals surface area contributed by atoms with Gasteiger partial charge in [-0.1, -0.05) is 19.1 Å². The molecule has 0 bridgehead atoms. The molecule has 2 rings (SSSR count). The summed E-state index contributed by atoms with van der Waals surface area (Å²) in [6.07, 6.45) is 2.66. The molecule has 1 aromatic carbocycles. The van der Waals surface area contributed by atoms with Gasteiger partial charge in [0.2, 0.25) is 0 Å². The molecule has 21 heavy (non-hydrogen) atoms. The second kappa shape index (κ2) is 7.38. The van der Waals surface area contributed by atoms with Crippen LogP contribution in [-0.2, 0) is 6.54 Å². The molecular formula is C16H18FN3O. The maximum atomic E-state index is 13.0. The number of nitrogens with zero attached hydrogens (tertiary/aromatic N) is 1. The molecular weight excluding hydrogens is 269 g/mol. The first kappa shape index (κ1) is 15.0. The fourth-order valence-electron chi connectivity index (χ4n) is 1.82. The van der Waals surface area contributed by atoms with E-state index >= 15 is 0 Å². The van der Waals surface area contributed by atoms with Gasteiger partial charge in [0.25, 0.3) is 5.91 Å². The van der Waals surface area contributed by atoms with E-state index in [1.165, 1.54) is 12.1 Å². The first-order chi connectivity index (χ1) is 10.2. The Kier molecular flexibility index (Phi) is 5.26. The van der Waals surface area contributed by atoms with Crippen LogP contribution < -0.4 is 10.6 Å². The van der Waals surface area contributed by atoms with Crippen molar-refractivity contribution in [2.45, 2.75) is 19.9 Å². The van der Waals surface area contributed by atoms with Crippen molar-refractivity contribution in [2.75, 3.05) is 11.9 Å². The third kappa shape index (κ3) is 4.56.